The van der Waals surface area contributed by atoms with Crippen molar-refractivity contribution >= 4 is 45.9 Å². The lowest BCUT2D eigenvalue weighted by atomic mass is 10.2. The number of hydrogen-bond acceptors (Lipinski definition) is 7. The standard InChI is InChI=1S/C22H24O4S3/c1-3-25-21(23)13-7-15-5-9-17(27-15)19-11-12-20(29-19)18-10-6-16(28-18)8-14-22(24)26-4-2/h5-6,9-12H,3-4,7-8,13-14H2,1-2H3. The summed E-state index contributed by atoms with van der Waals surface area (Å²) in [6.45, 7) is 4.51. The molecule has 0 aliphatic carbocycles. The maximum atomic E-state index is 11.5. The number of thiophene rings is 3. The summed E-state index contributed by atoms with van der Waals surface area (Å²) in [5.41, 5.74) is 0. The molecule has 0 atom stereocenters. The van der Waals surface area contributed by atoms with Gasteiger partial charge >= 0.3 is 11.9 Å². The third-order valence-electron chi connectivity index (χ3n) is 4.18. The lowest BCUT2D eigenvalue weighted by Gasteiger charge is -1.99. The van der Waals surface area contributed by atoms with E-state index in [9.17, 15) is 9.59 Å². The highest BCUT2D eigenvalue weighted by molar-refractivity contribution is 7.26. The van der Waals surface area contributed by atoms with E-state index in [2.05, 4.69) is 36.4 Å². The average molecular weight is 449 g/mol. The van der Waals surface area contributed by atoms with E-state index in [1.165, 1.54) is 29.3 Å². The van der Waals surface area contributed by atoms with Gasteiger partial charge in [0.25, 0.3) is 0 Å². The van der Waals surface area contributed by atoms with Crippen LogP contribution in [0.1, 0.15) is 36.4 Å². The number of carbonyl (C=O) groups is 2. The van der Waals surface area contributed by atoms with Gasteiger partial charge in [0.1, 0.15) is 0 Å². The van der Waals surface area contributed by atoms with Crippen molar-refractivity contribution in [3.05, 3.63) is 46.2 Å². The van der Waals surface area contributed by atoms with Crippen LogP contribution in [-0.2, 0) is 31.9 Å². The summed E-state index contributed by atoms with van der Waals surface area (Å²) in [6, 6.07) is 12.7. The van der Waals surface area contributed by atoms with Crippen molar-refractivity contribution in [2.24, 2.45) is 0 Å². The van der Waals surface area contributed by atoms with Crippen LogP contribution in [0.5, 0.6) is 0 Å². The third kappa shape index (κ3) is 6.26. The van der Waals surface area contributed by atoms with E-state index < -0.39 is 0 Å². The predicted molar refractivity (Wildman–Crippen MR) is 121 cm³/mol. The molecular formula is C22H24O4S3. The van der Waals surface area contributed by atoms with Crippen molar-refractivity contribution in [1.29, 1.82) is 0 Å². The quantitative estimate of drug-likeness (QED) is 0.347. The molecule has 0 N–H and O–H groups in total. The SMILES string of the molecule is CCOC(=O)CCc1ccc(-c2ccc(-c3ccc(CCC(=O)OCC)s3)s2)s1. The van der Waals surface area contributed by atoms with Crippen LogP contribution >= 0.6 is 34.0 Å². The molecule has 7 heteroatoms. The van der Waals surface area contributed by atoms with Crippen molar-refractivity contribution in [2.75, 3.05) is 13.2 Å². The molecule has 0 aliphatic heterocycles. The Kier molecular flexibility index (Phi) is 8.03. The maximum Gasteiger partial charge on any atom is 0.306 e. The Morgan fingerprint density at radius 1 is 0.655 bits per heavy atom. The molecule has 0 unspecified atom stereocenters. The first-order valence-corrected chi connectivity index (χ1v) is 12.1. The summed E-state index contributed by atoms with van der Waals surface area (Å²) in [4.78, 5) is 30.4. The summed E-state index contributed by atoms with van der Waals surface area (Å²) < 4.78 is 9.99. The van der Waals surface area contributed by atoms with Gasteiger partial charge in [0.15, 0.2) is 0 Å². The molecule has 3 heterocycles. The molecule has 0 bridgehead atoms. The lowest BCUT2D eigenvalue weighted by Crippen LogP contribution is -2.04. The van der Waals surface area contributed by atoms with Crippen LogP contribution in [0, 0.1) is 0 Å². The molecule has 3 aromatic heterocycles. The highest BCUT2D eigenvalue weighted by atomic mass is 32.1. The monoisotopic (exact) mass is 448 g/mol. The zero-order valence-electron chi connectivity index (χ0n) is 16.6. The Bertz CT molecular complexity index is 876. The first kappa shape index (κ1) is 21.7. The van der Waals surface area contributed by atoms with Gasteiger partial charge in [-0.3, -0.25) is 9.59 Å². The average Bonchev–Trinajstić information content (AvgIpc) is 3.45. The second-order valence-corrected chi connectivity index (χ2v) is 9.73. The second kappa shape index (κ2) is 10.7. The van der Waals surface area contributed by atoms with Crippen molar-refractivity contribution < 1.29 is 19.1 Å². The Hall–Kier alpha value is -1.96. The molecule has 29 heavy (non-hydrogen) atoms. The molecule has 0 aliphatic rings. The molecule has 0 aromatic carbocycles. The largest absolute Gasteiger partial charge is 0.466 e. The summed E-state index contributed by atoms with van der Waals surface area (Å²) in [5, 5.41) is 0. The van der Waals surface area contributed by atoms with Gasteiger partial charge in [-0.05, 0) is 63.1 Å². The molecule has 0 amide bonds. The smallest absolute Gasteiger partial charge is 0.306 e. The Labute approximate surface area is 183 Å². The van der Waals surface area contributed by atoms with Gasteiger partial charge in [-0.25, -0.2) is 0 Å². The summed E-state index contributed by atoms with van der Waals surface area (Å²) in [6.07, 6.45) is 2.29. The number of hydrogen-bond donors (Lipinski definition) is 0. The fraction of sp³-hybridized carbons (Fsp3) is 0.364. The predicted octanol–water partition coefficient (Wildman–Crippen LogP) is 6.20. The Morgan fingerprint density at radius 2 is 1.03 bits per heavy atom. The molecule has 3 rings (SSSR count). The number of carbonyl (C=O) groups excluding carboxylic acids is 2. The molecule has 0 saturated carbocycles. The van der Waals surface area contributed by atoms with Gasteiger partial charge < -0.3 is 9.47 Å². The van der Waals surface area contributed by atoms with Crippen LogP contribution < -0.4 is 0 Å². The summed E-state index contributed by atoms with van der Waals surface area (Å²) in [5.74, 6) is -0.283. The fourth-order valence-corrected chi connectivity index (χ4v) is 6.01. The van der Waals surface area contributed by atoms with E-state index in [0.717, 1.165) is 12.8 Å². The van der Waals surface area contributed by atoms with Crippen LogP contribution in [0.4, 0.5) is 0 Å². The van der Waals surface area contributed by atoms with Gasteiger partial charge in [-0.2, -0.15) is 0 Å². The maximum absolute atomic E-state index is 11.5. The van der Waals surface area contributed by atoms with E-state index in [4.69, 9.17) is 9.47 Å². The van der Waals surface area contributed by atoms with E-state index in [1.807, 2.05) is 13.8 Å². The molecule has 0 radical (unpaired) electrons. The normalized spacial score (nSPS) is 10.8. The van der Waals surface area contributed by atoms with E-state index in [0.29, 0.717) is 26.1 Å². The molecule has 0 saturated heterocycles. The van der Waals surface area contributed by atoms with Crippen LogP contribution in [0.3, 0.4) is 0 Å². The zero-order chi connectivity index (χ0) is 20.6. The van der Waals surface area contributed by atoms with Crippen LogP contribution in [0.15, 0.2) is 36.4 Å². The van der Waals surface area contributed by atoms with Crippen molar-refractivity contribution in [1.82, 2.24) is 0 Å². The van der Waals surface area contributed by atoms with Crippen molar-refractivity contribution in [2.45, 2.75) is 39.5 Å². The third-order valence-corrected chi connectivity index (χ3v) is 7.94. The highest BCUT2D eigenvalue weighted by Gasteiger charge is 2.11. The van der Waals surface area contributed by atoms with Crippen molar-refractivity contribution in [3.63, 3.8) is 0 Å². The lowest BCUT2D eigenvalue weighted by molar-refractivity contribution is -0.144. The van der Waals surface area contributed by atoms with Gasteiger partial charge in [0, 0.05) is 29.3 Å². The van der Waals surface area contributed by atoms with Crippen LogP contribution in [0.2, 0.25) is 0 Å². The molecule has 3 aromatic rings. The van der Waals surface area contributed by atoms with Gasteiger partial charge in [0.2, 0.25) is 0 Å². The van der Waals surface area contributed by atoms with Gasteiger partial charge in [-0.1, -0.05) is 0 Å². The zero-order valence-corrected chi connectivity index (χ0v) is 19.0. The molecule has 0 spiro atoms. The van der Waals surface area contributed by atoms with Crippen molar-refractivity contribution in [3.8, 4) is 19.5 Å². The highest BCUT2D eigenvalue weighted by Crippen LogP contribution is 2.40. The Morgan fingerprint density at radius 3 is 1.45 bits per heavy atom. The van der Waals surface area contributed by atoms with E-state index >= 15 is 0 Å². The molecular weight excluding hydrogens is 424 g/mol. The molecule has 154 valence electrons. The van der Waals surface area contributed by atoms with E-state index in [-0.39, 0.29) is 11.9 Å². The minimum Gasteiger partial charge on any atom is -0.466 e. The molecule has 0 fully saturated rings. The van der Waals surface area contributed by atoms with Gasteiger partial charge in [0.05, 0.1) is 26.1 Å². The molecule has 4 nitrogen and oxygen atoms in total. The fourth-order valence-electron chi connectivity index (χ4n) is 2.81. The summed E-state index contributed by atoms with van der Waals surface area (Å²) >= 11 is 5.23. The van der Waals surface area contributed by atoms with Crippen LogP contribution in [0.25, 0.3) is 19.5 Å². The first-order chi connectivity index (χ1) is 14.1. The van der Waals surface area contributed by atoms with Gasteiger partial charge in [-0.15, -0.1) is 34.0 Å². The first-order valence-electron chi connectivity index (χ1n) is 9.68. The minimum absolute atomic E-state index is 0.141. The number of ether oxygens (including phenoxy) is 2. The Balaban J connectivity index is 1.60. The number of rotatable bonds is 10. The summed E-state index contributed by atoms with van der Waals surface area (Å²) in [7, 11) is 0. The topological polar surface area (TPSA) is 52.6 Å². The van der Waals surface area contributed by atoms with Crippen LogP contribution in [-0.4, -0.2) is 25.2 Å². The minimum atomic E-state index is -0.141. The number of aryl methyl sites for hydroxylation is 2. The number of esters is 2. The van der Waals surface area contributed by atoms with E-state index in [1.54, 1.807) is 34.0 Å². The second-order valence-electron chi connectivity index (χ2n) is 6.31.